The van der Waals surface area contributed by atoms with Crippen LogP contribution < -0.4 is 5.32 Å². The first-order valence-corrected chi connectivity index (χ1v) is 11.2. The molecule has 0 atom stereocenters. The third kappa shape index (κ3) is 4.06. The molecule has 35 heavy (non-hydrogen) atoms. The van der Waals surface area contributed by atoms with E-state index in [0.29, 0.717) is 11.5 Å². The summed E-state index contributed by atoms with van der Waals surface area (Å²) in [7, 11) is 0. The summed E-state index contributed by atoms with van der Waals surface area (Å²) in [6.45, 7) is 5.75. The van der Waals surface area contributed by atoms with E-state index in [0.717, 1.165) is 63.3 Å². The maximum atomic E-state index is 4.92. The van der Waals surface area contributed by atoms with E-state index in [1.807, 2.05) is 54.5 Å². The van der Waals surface area contributed by atoms with Gasteiger partial charge in [0.1, 0.15) is 11.2 Å². The third-order valence-electron chi connectivity index (χ3n) is 5.84. The summed E-state index contributed by atoms with van der Waals surface area (Å²) in [4.78, 5) is 21.7. The Hall–Kier alpha value is -4.37. The Balaban J connectivity index is 0.00000253. The van der Waals surface area contributed by atoms with Crippen molar-refractivity contribution in [3.8, 4) is 28.3 Å². The molecule has 0 fully saturated rings. The summed E-state index contributed by atoms with van der Waals surface area (Å²) in [5, 5.41) is 11.8. The molecule has 0 aliphatic rings. The highest BCUT2D eigenvalue weighted by atomic mass is 15.2. The van der Waals surface area contributed by atoms with Crippen LogP contribution in [0.3, 0.4) is 0 Å². The molecule has 0 unspecified atom stereocenters. The number of aromatic nitrogens is 8. The second kappa shape index (κ2) is 9.11. The van der Waals surface area contributed by atoms with Crippen molar-refractivity contribution in [2.75, 3.05) is 6.54 Å². The number of pyridine rings is 2. The number of H-pyrrole nitrogens is 2. The van der Waals surface area contributed by atoms with Crippen LogP contribution in [-0.2, 0) is 6.54 Å². The Kier molecular flexibility index (Phi) is 5.84. The van der Waals surface area contributed by atoms with Crippen LogP contribution in [0.15, 0.2) is 61.4 Å². The number of imidazole rings is 2. The Morgan fingerprint density at radius 2 is 1.94 bits per heavy atom. The van der Waals surface area contributed by atoms with E-state index in [9.17, 15) is 0 Å². The van der Waals surface area contributed by atoms with Gasteiger partial charge in [-0.05, 0) is 43.3 Å². The van der Waals surface area contributed by atoms with Gasteiger partial charge in [-0.15, -0.1) is 0 Å². The van der Waals surface area contributed by atoms with Gasteiger partial charge >= 0.3 is 0 Å². The van der Waals surface area contributed by atoms with Crippen molar-refractivity contribution >= 4 is 22.1 Å². The van der Waals surface area contributed by atoms with Crippen LogP contribution in [0.2, 0.25) is 0 Å². The maximum Gasteiger partial charge on any atom is 0.181 e. The van der Waals surface area contributed by atoms with E-state index in [-0.39, 0.29) is 7.43 Å². The standard InChI is InChI=1S/C25H23N9.CH4/c1-3-26-9-16-7-17(11-27-10-16)18-8-19-22(32-33-24(19)28-12-18)25-30-20-5-4-6-21(23(20)31-25)34-13-15(2)29-14-34;/h4-8,10-14,26H,3,9H2,1-2H3,(H,30,31)(H,28,32,33);1H4. The summed E-state index contributed by atoms with van der Waals surface area (Å²) in [6, 6.07) is 10.3. The Bertz CT molecular complexity index is 1620. The van der Waals surface area contributed by atoms with Crippen molar-refractivity contribution in [1.29, 1.82) is 0 Å². The number of hydrogen-bond donors (Lipinski definition) is 3. The largest absolute Gasteiger partial charge is 0.337 e. The molecule has 0 aliphatic heterocycles. The van der Waals surface area contributed by atoms with Gasteiger partial charge < -0.3 is 14.9 Å². The van der Waals surface area contributed by atoms with E-state index in [1.54, 1.807) is 6.33 Å². The highest BCUT2D eigenvalue weighted by molar-refractivity contribution is 5.94. The number of benzene rings is 1. The maximum absolute atomic E-state index is 4.92. The highest BCUT2D eigenvalue weighted by Gasteiger charge is 2.16. The second-order valence-electron chi connectivity index (χ2n) is 8.24. The van der Waals surface area contributed by atoms with Gasteiger partial charge in [0.05, 0.1) is 28.6 Å². The molecule has 0 radical (unpaired) electrons. The van der Waals surface area contributed by atoms with Crippen molar-refractivity contribution in [2.45, 2.75) is 27.8 Å². The third-order valence-corrected chi connectivity index (χ3v) is 5.84. The van der Waals surface area contributed by atoms with Crippen molar-refractivity contribution in [3.63, 3.8) is 0 Å². The number of hydrogen-bond acceptors (Lipinski definition) is 6. The first-order valence-electron chi connectivity index (χ1n) is 11.2. The molecule has 0 bridgehead atoms. The Morgan fingerprint density at radius 1 is 1.06 bits per heavy atom. The first kappa shape index (κ1) is 22.4. The fourth-order valence-corrected chi connectivity index (χ4v) is 4.15. The molecule has 0 aliphatic carbocycles. The molecule has 0 saturated carbocycles. The lowest BCUT2D eigenvalue weighted by molar-refractivity contribution is 0.724. The molecule has 0 spiro atoms. The van der Waals surface area contributed by atoms with Gasteiger partial charge in [0.15, 0.2) is 11.5 Å². The van der Waals surface area contributed by atoms with Crippen LogP contribution in [0.1, 0.15) is 25.6 Å². The van der Waals surface area contributed by atoms with E-state index in [4.69, 9.17) is 4.98 Å². The highest BCUT2D eigenvalue weighted by Crippen LogP contribution is 2.30. The van der Waals surface area contributed by atoms with Crippen molar-refractivity contribution in [2.24, 2.45) is 0 Å². The fraction of sp³-hybridized carbons (Fsp3) is 0.192. The van der Waals surface area contributed by atoms with Crippen LogP contribution in [0, 0.1) is 6.92 Å². The van der Waals surface area contributed by atoms with Crippen molar-refractivity contribution in [1.82, 2.24) is 45.0 Å². The van der Waals surface area contributed by atoms with E-state index in [1.165, 1.54) is 0 Å². The minimum atomic E-state index is 0. The monoisotopic (exact) mass is 465 g/mol. The number of aromatic amines is 2. The number of nitrogens with zero attached hydrogens (tertiary/aromatic N) is 6. The number of aryl methyl sites for hydroxylation is 1. The molecular weight excluding hydrogens is 438 g/mol. The molecule has 0 saturated heterocycles. The van der Waals surface area contributed by atoms with Gasteiger partial charge in [-0.25, -0.2) is 15.0 Å². The summed E-state index contributed by atoms with van der Waals surface area (Å²) in [5.41, 5.74) is 8.28. The van der Waals surface area contributed by atoms with Gasteiger partial charge in [-0.2, -0.15) is 5.10 Å². The Labute approximate surface area is 202 Å². The summed E-state index contributed by atoms with van der Waals surface area (Å²) in [5.74, 6) is 0.708. The molecule has 176 valence electrons. The van der Waals surface area contributed by atoms with Crippen LogP contribution in [0.25, 0.3) is 50.4 Å². The molecule has 6 rings (SSSR count). The number of nitrogens with one attached hydrogen (secondary N) is 3. The van der Waals surface area contributed by atoms with E-state index in [2.05, 4.69) is 54.5 Å². The fourth-order valence-electron chi connectivity index (χ4n) is 4.15. The minimum Gasteiger partial charge on any atom is -0.337 e. The van der Waals surface area contributed by atoms with Crippen LogP contribution in [0.4, 0.5) is 0 Å². The zero-order valence-electron chi connectivity index (χ0n) is 18.9. The molecule has 9 heteroatoms. The van der Waals surface area contributed by atoms with E-state index >= 15 is 0 Å². The van der Waals surface area contributed by atoms with Gasteiger partial charge in [0.2, 0.25) is 0 Å². The molecule has 6 aromatic rings. The molecular formula is C26H27N9. The normalized spacial score (nSPS) is 11.3. The predicted molar refractivity (Wildman–Crippen MR) is 138 cm³/mol. The lowest BCUT2D eigenvalue weighted by Crippen LogP contribution is -2.11. The quantitative estimate of drug-likeness (QED) is 0.326. The van der Waals surface area contributed by atoms with Crippen LogP contribution >= 0.6 is 0 Å². The molecule has 3 N–H and O–H groups in total. The number of para-hydroxylation sites is 1. The topological polar surface area (TPSA) is 113 Å². The van der Waals surface area contributed by atoms with Gasteiger partial charge in [0.25, 0.3) is 0 Å². The SMILES string of the molecule is C.CCNCc1cncc(-c2cnc3n[nH]c(-c4nc5c(-n6cnc(C)c6)cccc5[nH]4)c3c2)c1. The average Bonchev–Trinajstić information content (AvgIpc) is 3.59. The number of rotatable bonds is 6. The number of fused-ring (bicyclic) bond motifs is 2. The minimum absolute atomic E-state index is 0. The lowest BCUT2D eigenvalue weighted by atomic mass is 10.1. The smallest absolute Gasteiger partial charge is 0.181 e. The van der Waals surface area contributed by atoms with Crippen molar-refractivity contribution in [3.05, 3.63) is 72.7 Å². The predicted octanol–water partition coefficient (Wildman–Crippen LogP) is 4.80. The van der Waals surface area contributed by atoms with Crippen LogP contribution in [-0.4, -0.2) is 46.2 Å². The van der Waals surface area contributed by atoms with Crippen LogP contribution in [0.5, 0.6) is 0 Å². The molecule has 0 amide bonds. The zero-order chi connectivity index (χ0) is 23.1. The molecule has 5 heterocycles. The Morgan fingerprint density at radius 3 is 2.77 bits per heavy atom. The average molecular weight is 466 g/mol. The van der Waals surface area contributed by atoms with Gasteiger partial charge in [-0.1, -0.05) is 20.4 Å². The molecule has 9 nitrogen and oxygen atoms in total. The summed E-state index contributed by atoms with van der Waals surface area (Å²) in [6.07, 6.45) is 9.37. The lowest BCUT2D eigenvalue weighted by Gasteiger charge is -2.05. The van der Waals surface area contributed by atoms with Crippen molar-refractivity contribution < 1.29 is 0 Å². The van der Waals surface area contributed by atoms with Gasteiger partial charge in [0, 0.05) is 42.5 Å². The first-order chi connectivity index (χ1) is 16.7. The molecule has 1 aromatic carbocycles. The van der Waals surface area contributed by atoms with E-state index < -0.39 is 0 Å². The zero-order valence-corrected chi connectivity index (χ0v) is 18.9. The molecule has 5 aromatic heterocycles. The summed E-state index contributed by atoms with van der Waals surface area (Å²) < 4.78 is 1.99. The second-order valence-corrected chi connectivity index (χ2v) is 8.24. The summed E-state index contributed by atoms with van der Waals surface area (Å²) >= 11 is 0. The van der Waals surface area contributed by atoms with Gasteiger partial charge in [-0.3, -0.25) is 10.1 Å².